The zero-order valence-corrected chi connectivity index (χ0v) is 14.4. The van der Waals surface area contributed by atoms with Gasteiger partial charge in [0.1, 0.15) is 11.5 Å². The summed E-state index contributed by atoms with van der Waals surface area (Å²) in [4.78, 5) is 22.0. The largest absolute Gasteiger partial charge is 0.357 e. The standard InChI is InChI=1S/C19H19FN4O2/c1-12-9-16(21-10-12)18-22-17(23-26-18)14-3-2-8-24(11-14)19(25)13-4-6-15(20)7-5-13/h4-7,9-10,14,21H,2-3,8,11H2,1H3/t14-/m0/s1. The van der Waals surface area contributed by atoms with Crippen molar-refractivity contribution < 1.29 is 13.7 Å². The maximum Gasteiger partial charge on any atom is 0.274 e. The third-order valence-electron chi connectivity index (χ3n) is 4.66. The summed E-state index contributed by atoms with van der Waals surface area (Å²) in [6.07, 6.45) is 3.64. The monoisotopic (exact) mass is 354 g/mol. The molecule has 1 aromatic carbocycles. The maximum absolute atomic E-state index is 13.1. The van der Waals surface area contributed by atoms with Crippen molar-refractivity contribution >= 4 is 5.91 Å². The minimum Gasteiger partial charge on any atom is -0.357 e. The number of amides is 1. The fourth-order valence-electron chi connectivity index (χ4n) is 3.28. The van der Waals surface area contributed by atoms with Crippen LogP contribution in [0.1, 0.15) is 40.5 Å². The number of nitrogens with one attached hydrogen (secondary N) is 1. The van der Waals surface area contributed by atoms with Gasteiger partial charge in [-0.05, 0) is 55.7 Å². The van der Waals surface area contributed by atoms with Crippen molar-refractivity contribution in [2.24, 2.45) is 0 Å². The number of aromatic nitrogens is 3. The van der Waals surface area contributed by atoms with Crippen LogP contribution >= 0.6 is 0 Å². The summed E-state index contributed by atoms with van der Waals surface area (Å²) in [5, 5.41) is 4.11. The lowest BCUT2D eigenvalue weighted by molar-refractivity contribution is 0.0703. The van der Waals surface area contributed by atoms with Gasteiger partial charge in [-0.3, -0.25) is 4.79 Å². The Hall–Kier alpha value is -2.96. The van der Waals surface area contributed by atoms with Crippen LogP contribution < -0.4 is 0 Å². The van der Waals surface area contributed by atoms with E-state index in [9.17, 15) is 9.18 Å². The van der Waals surface area contributed by atoms with Gasteiger partial charge in [-0.2, -0.15) is 4.98 Å². The molecular formula is C19H19FN4O2. The third kappa shape index (κ3) is 3.24. The molecule has 0 aliphatic carbocycles. The molecule has 1 N–H and O–H groups in total. The Bertz CT molecular complexity index is 916. The topological polar surface area (TPSA) is 75.0 Å². The van der Waals surface area contributed by atoms with Crippen LogP contribution in [-0.4, -0.2) is 39.0 Å². The van der Waals surface area contributed by atoms with Crippen molar-refractivity contribution in [2.75, 3.05) is 13.1 Å². The number of aryl methyl sites for hydroxylation is 1. The highest BCUT2D eigenvalue weighted by molar-refractivity contribution is 5.94. The Kier molecular flexibility index (Phi) is 4.28. The van der Waals surface area contributed by atoms with E-state index >= 15 is 0 Å². The van der Waals surface area contributed by atoms with Gasteiger partial charge in [-0.25, -0.2) is 4.39 Å². The normalized spacial score (nSPS) is 17.5. The van der Waals surface area contributed by atoms with E-state index in [2.05, 4.69) is 15.1 Å². The lowest BCUT2D eigenvalue weighted by Gasteiger charge is -2.31. The van der Waals surface area contributed by atoms with Crippen molar-refractivity contribution in [2.45, 2.75) is 25.7 Å². The average molecular weight is 354 g/mol. The van der Waals surface area contributed by atoms with Crippen LogP contribution in [0.25, 0.3) is 11.6 Å². The molecule has 2 aromatic heterocycles. The molecule has 1 aliphatic heterocycles. The van der Waals surface area contributed by atoms with Crippen LogP contribution in [-0.2, 0) is 0 Å². The molecule has 3 aromatic rings. The first kappa shape index (κ1) is 16.5. The summed E-state index contributed by atoms with van der Waals surface area (Å²) in [5.74, 6) is 0.649. The molecule has 26 heavy (non-hydrogen) atoms. The zero-order valence-electron chi connectivity index (χ0n) is 14.4. The first-order valence-corrected chi connectivity index (χ1v) is 8.64. The molecule has 0 unspecified atom stereocenters. The summed E-state index contributed by atoms with van der Waals surface area (Å²) in [5.41, 5.74) is 2.37. The Morgan fingerprint density at radius 2 is 2.15 bits per heavy atom. The number of carbonyl (C=O) groups excluding carboxylic acids is 1. The minimum absolute atomic E-state index is 0.0294. The van der Waals surface area contributed by atoms with Crippen LogP contribution in [0.4, 0.5) is 4.39 Å². The van der Waals surface area contributed by atoms with Crippen LogP contribution in [0.15, 0.2) is 41.1 Å². The van der Waals surface area contributed by atoms with Crippen LogP contribution in [0.2, 0.25) is 0 Å². The van der Waals surface area contributed by atoms with Gasteiger partial charge >= 0.3 is 0 Å². The van der Waals surface area contributed by atoms with E-state index in [1.54, 1.807) is 4.90 Å². The number of H-pyrrole nitrogens is 1. The summed E-state index contributed by atoms with van der Waals surface area (Å²) in [6, 6.07) is 7.59. The first-order valence-electron chi connectivity index (χ1n) is 8.64. The smallest absolute Gasteiger partial charge is 0.274 e. The second kappa shape index (κ2) is 6.74. The molecule has 1 amide bonds. The molecule has 0 spiro atoms. The first-order chi connectivity index (χ1) is 12.6. The number of carbonyl (C=O) groups is 1. The Labute approximate surface area is 150 Å². The highest BCUT2D eigenvalue weighted by atomic mass is 19.1. The number of rotatable bonds is 3. The maximum atomic E-state index is 13.1. The molecule has 1 atom stereocenters. The van der Waals surface area contributed by atoms with E-state index in [0.29, 0.717) is 30.4 Å². The molecule has 7 heteroatoms. The molecule has 3 heterocycles. The van der Waals surface area contributed by atoms with Gasteiger partial charge < -0.3 is 14.4 Å². The number of likely N-dealkylation sites (tertiary alicyclic amines) is 1. The molecule has 1 saturated heterocycles. The summed E-state index contributed by atoms with van der Waals surface area (Å²) < 4.78 is 18.4. The SMILES string of the molecule is Cc1c[nH]c(-c2nc([C@H]3CCCN(C(=O)c4ccc(F)cc4)C3)no2)c1. The zero-order chi connectivity index (χ0) is 18.1. The predicted molar refractivity (Wildman–Crippen MR) is 93.1 cm³/mol. The van der Waals surface area contributed by atoms with E-state index in [-0.39, 0.29) is 17.6 Å². The lowest BCUT2D eigenvalue weighted by Crippen LogP contribution is -2.39. The number of nitrogens with zero attached hydrogens (tertiary/aromatic N) is 3. The molecule has 134 valence electrons. The molecule has 0 saturated carbocycles. The van der Waals surface area contributed by atoms with Crippen molar-refractivity contribution in [1.29, 1.82) is 0 Å². The molecule has 1 fully saturated rings. The van der Waals surface area contributed by atoms with Crippen LogP contribution in [0.5, 0.6) is 0 Å². The molecular weight excluding hydrogens is 335 g/mol. The molecule has 0 radical (unpaired) electrons. The van der Waals surface area contributed by atoms with Crippen LogP contribution in [0.3, 0.4) is 0 Å². The van der Waals surface area contributed by atoms with Crippen molar-refractivity contribution in [3.63, 3.8) is 0 Å². The summed E-state index contributed by atoms with van der Waals surface area (Å²) in [6.45, 7) is 3.18. The number of benzene rings is 1. The van der Waals surface area contributed by atoms with Gasteiger partial charge in [0, 0.05) is 30.8 Å². The molecule has 6 nitrogen and oxygen atoms in total. The number of hydrogen-bond donors (Lipinski definition) is 1. The Balaban J connectivity index is 1.49. The van der Waals surface area contributed by atoms with Gasteiger partial charge in [0.05, 0.1) is 0 Å². The van der Waals surface area contributed by atoms with E-state index < -0.39 is 0 Å². The summed E-state index contributed by atoms with van der Waals surface area (Å²) in [7, 11) is 0. The van der Waals surface area contributed by atoms with Gasteiger partial charge in [-0.1, -0.05) is 5.16 Å². The second-order valence-electron chi connectivity index (χ2n) is 6.65. The highest BCUT2D eigenvalue weighted by Gasteiger charge is 2.28. The minimum atomic E-state index is -0.350. The lowest BCUT2D eigenvalue weighted by atomic mass is 9.96. The molecule has 4 rings (SSSR count). The Morgan fingerprint density at radius 1 is 1.35 bits per heavy atom. The average Bonchev–Trinajstić information content (AvgIpc) is 3.31. The predicted octanol–water partition coefficient (Wildman–Crippen LogP) is 3.53. The Morgan fingerprint density at radius 3 is 2.88 bits per heavy atom. The highest BCUT2D eigenvalue weighted by Crippen LogP contribution is 2.28. The fourth-order valence-corrected chi connectivity index (χ4v) is 3.28. The van der Waals surface area contributed by atoms with Gasteiger partial charge in [0.2, 0.25) is 0 Å². The van der Waals surface area contributed by atoms with E-state index in [0.717, 1.165) is 24.1 Å². The molecule has 1 aliphatic rings. The van der Waals surface area contributed by atoms with Gasteiger partial charge in [0.25, 0.3) is 11.8 Å². The van der Waals surface area contributed by atoms with Gasteiger partial charge in [0.15, 0.2) is 5.82 Å². The quantitative estimate of drug-likeness (QED) is 0.781. The van der Waals surface area contributed by atoms with E-state index in [4.69, 9.17) is 4.52 Å². The van der Waals surface area contributed by atoms with Crippen LogP contribution in [0, 0.1) is 12.7 Å². The fraction of sp³-hybridized carbons (Fsp3) is 0.316. The van der Waals surface area contributed by atoms with Crippen molar-refractivity contribution in [3.05, 3.63) is 59.3 Å². The third-order valence-corrected chi connectivity index (χ3v) is 4.66. The van der Waals surface area contributed by atoms with Crippen molar-refractivity contribution in [3.8, 4) is 11.6 Å². The number of aromatic amines is 1. The summed E-state index contributed by atoms with van der Waals surface area (Å²) >= 11 is 0. The van der Waals surface area contributed by atoms with E-state index in [1.807, 2.05) is 19.2 Å². The number of halogens is 1. The van der Waals surface area contributed by atoms with Crippen molar-refractivity contribution in [1.82, 2.24) is 20.0 Å². The number of hydrogen-bond acceptors (Lipinski definition) is 4. The molecule has 0 bridgehead atoms. The number of piperidine rings is 1. The van der Waals surface area contributed by atoms with E-state index in [1.165, 1.54) is 24.3 Å². The van der Waals surface area contributed by atoms with Gasteiger partial charge in [-0.15, -0.1) is 0 Å². The second-order valence-corrected chi connectivity index (χ2v) is 6.65.